The van der Waals surface area contributed by atoms with E-state index in [1.807, 2.05) is 13.8 Å². The number of carbonyl (C=O) groups excluding carboxylic acids is 3. The summed E-state index contributed by atoms with van der Waals surface area (Å²) in [6, 6.07) is 4.63. The highest BCUT2D eigenvalue weighted by Gasteiger charge is 2.65. The van der Waals surface area contributed by atoms with Gasteiger partial charge in [0.1, 0.15) is 54.5 Å². The molecule has 4 heterocycles. The summed E-state index contributed by atoms with van der Waals surface area (Å²) in [6.45, 7) is 17.8. The molecule has 0 aliphatic carbocycles. The first kappa shape index (κ1) is 34.1. The normalized spacial score (nSPS) is 25.4. The fourth-order valence-corrected chi connectivity index (χ4v) is 5.27. The van der Waals surface area contributed by atoms with E-state index in [-0.39, 0.29) is 36.1 Å². The van der Waals surface area contributed by atoms with E-state index >= 15 is 0 Å². The topological polar surface area (TPSA) is 175 Å². The van der Waals surface area contributed by atoms with Crippen LogP contribution in [-0.2, 0) is 38.9 Å². The Kier molecular flexibility index (Phi) is 9.49. The third-order valence-corrected chi connectivity index (χ3v) is 7.86. The zero-order chi connectivity index (χ0) is 33.5. The highest BCUT2D eigenvalue weighted by atomic mass is 16.8. The number of nitrogens with zero attached hydrogens (tertiary/aromatic N) is 4. The second-order valence-corrected chi connectivity index (χ2v) is 13.7. The predicted octanol–water partition coefficient (Wildman–Crippen LogP) is 3.69. The molecule has 2 fully saturated rings. The number of ether oxygens (including phenoxy) is 5. The largest absolute Gasteiger partial charge is 0.463 e. The van der Waals surface area contributed by atoms with Crippen molar-refractivity contribution in [3.05, 3.63) is 24.2 Å². The molecule has 2 aliphatic heterocycles. The lowest BCUT2D eigenvalue weighted by Gasteiger charge is -2.29. The maximum absolute atomic E-state index is 13.4. The summed E-state index contributed by atoms with van der Waals surface area (Å²) in [7, 11) is 0. The highest BCUT2D eigenvalue weighted by molar-refractivity contribution is 5.98. The zero-order valence-corrected chi connectivity index (χ0v) is 27.5. The number of nitrogens with one attached hydrogen (secondary N) is 2. The summed E-state index contributed by atoms with van der Waals surface area (Å²) in [5, 5.41) is 20.4. The van der Waals surface area contributed by atoms with Crippen LogP contribution in [0.3, 0.4) is 0 Å². The Morgan fingerprint density at radius 2 is 1.78 bits per heavy atom. The Bertz CT molecular complexity index is 1470. The van der Waals surface area contributed by atoms with Crippen molar-refractivity contribution in [3.8, 4) is 6.07 Å². The quantitative estimate of drug-likeness (QED) is 0.387. The van der Waals surface area contributed by atoms with Crippen LogP contribution in [0.5, 0.6) is 0 Å². The summed E-state index contributed by atoms with van der Waals surface area (Å²) >= 11 is 0. The molecule has 2 aliphatic rings. The van der Waals surface area contributed by atoms with E-state index in [0.29, 0.717) is 11.2 Å². The van der Waals surface area contributed by atoms with Crippen LogP contribution >= 0.6 is 0 Å². The van der Waals surface area contributed by atoms with Crippen LogP contribution < -0.4 is 10.6 Å². The van der Waals surface area contributed by atoms with Gasteiger partial charge in [0.2, 0.25) is 11.5 Å². The minimum atomic E-state index is -1.71. The number of anilines is 1. The van der Waals surface area contributed by atoms with Crippen molar-refractivity contribution in [1.82, 2.24) is 19.9 Å². The van der Waals surface area contributed by atoms with Crippen LogP contribution in [0.4, 0.5) is 10.6 Å². The molecule has 14 heteroatoms. The van der Waals surface area contributed by atoms with E-state index in [0.717, 1.165) is 0 Å². The lowest BCUT2D eigenvalue weighted by atomic mass is 9.92. The highest BCUT2D eigenvalue weighted by Crippen LogP contribution is 2.49. The molecule has 0 spiro atoms. The Morgan fingerprint density at radius 1 is 1.09 bits per heavy atom. The average molecular weight is 629 g/mol. The van der Waals surface area contributed by atoms with Crippen LogP contribution in [0.2, 0.25) is 0 Å². The monoisotopic (exact) mass is 628 g/mol. The molecule has 0 aromatic carbocycles. The van der Waals surface area contributed by atoms with E-state index in [9.17, 15) is 19.6 Å². The molecule has 6 atom stereocenters. The lowest BCUT2D eigenvalue weighted by molar-refractivity contribution is -0.207. The molecule has 0 saturated carbocycles. The third-order valence-electron chi connectivity index (χ3n) is 7.86. The van der Waals surface area contributed by atoms with Crippen LogP contribution in [-0.4, -0.2) is 74.9 Å². The van der Waals surface area contributed by atoms with Gasteiger partial charge in [-0.25, -0.2) is 14.3 Å². The molecule has 45 heavy (non-hydrogen) atoms. The lowest BCUT2D eigenvalue weighted by Crippen LogP contribution is -2.48. The average Bonchev–Trinajstić information content (AvgIpc) is 3.59. The third kappa shape index (κ3) is 7.05. The Morgan fingerprint density at radius 3 is 2.38 bits per heavy atom. The molecule has 2 amide bonds. The molecule has 4 rings (SSSR count). The second-order valence-electron chi connectivity index (χ2n) is 13.7. The molecule has 14 nitrogen and oxygen atoms in total. The number of carbonyl (C=O) groups is 3. The summed E-state index contributed by atoms with van der Waals surface area (Å²) in [5.41, 5.74) is -1.77. The van der Waals surface area contributed by atoms with Crippen LogP contribution in [0.25, 0.3) is 5.52 Å². The van der Waals surface area contributed by atoms with E-state index in [1.54, 1.807) is 67.5 Å². The van der Waals surface area contributed by atoms with Gasteiger partial charge in [-0.05, 0) is 58.6 Å². The van der Waals surface area contributed by atoms with Gasteiger partial charge in [-0.3, -0.25) is 9.59 Å². The van der Waals surface area contributed by atoms with E-state index in [2.05, 4.69) is 26.8 Å². The van der Waals surface area contributed by atoms with E-state index < -0.39 is 53.3 Å². The molecule has 246 valence electrons. The van der Waals surface area contributed by atoms with Gasteiger partial charge in [-0.1, -0.05) is 34.6 Å². The molecule has 0 bridgehead atoms. The number of hydrogen-bond donors (Lipinski definition) is 2. The van der Waals surface area contributed by atoms with Crippen molar-refractivity contribution in [2.75, 3.05) is 11.9 Å². The number of fused-ring (bicyclic) bond motifs is 2. The zero-order valence-electron chi connectivity index (χ0n) is 27.5. The standard InChI is InChI=1S/C31H44N6O8/c1-16(2)18(5)27(39)41-13-20-23-24(44-30(9,10)43-23)31(14-32,42-20)21-12-11-19-25(33-15-34-37(19)21)36-26(38)22(17(3)4)35-28(40)45-29(6,7)8/h11-12,15-18,20,22-24H,13H2,1-10H3,(H,35,40)(H,33,34,36,38)/t18-,20+,22-,23+,24+,31-/m0/s1. The van der Waals surface area contributed by atoms with Gasteiger partial charge in [-0.2, -0.15) is 10.4 Å². The predicted molar refractivity (Wildman–Crippen MR) is 161 cm³/mol. The summed E-state index contributed by atoms with van der Waals surface area (Å²) in [4.78, 5) is 42.7. The first-order valence-electron chi connectivity index (χ1n) is 15.1. The summed E-state index contributed by atoms with van der Waals surface area (Å²) in [6.07, 6.45) is -1.91. The Balaban J connectivity index is 1.63. The van der Waals surface area contributed by atoms with Crippen LogP contribution in [0.15, 0.2) is 18.5 Å². The molecule has 0 unspecified atom stereocenters. The first-order chi connectivity index (χ1) is 20.9. The number of hydrogen-bond acceptors (Lipinski definition) is 11. The van der Waals surface area contributed by atoms with Gasteiger partial charge in [0.15, 0.2) is 11.6 Å². The number of aromatic nitrogens is 3. The fraction of sp³-hybridized carbons (Fsp3) is 0.677. The number of alkyl carbamates (subject to hydrolysis) is 1. The minimum Gasteiger partial charge on any atom is -0.463 e. The maximum atomic E-state index is 13.4. The molecule has 2 aromatic heterocycles. The summed E-state index contributed by atoms with van der Waals surface area (Å²) in [5.74, 6) is -2.29. The molecule has 0 radical (unpaired) electrons. The molecular weight excluding hydrogens is 584 g/mol. The first-order valence-corrected chi connectivity index (χ1v) is 15.1. The van der Waals surface area contributed by atoms with Gasteiger partial charge in [-0.15, -0.1) is 0 Å². The molecule has 2 aromatic rings. The van der Waals surface area contributed by atoms with Crippen molar-refractivity contribution in [3.63, 3.8) is 0 Å². The van der Waals surface area contributed by atoms with Gasteiger partial charge in [0.05, 0.1) is 11.6 Å². The van der Waals surface area contributed by atoms with Gasteiger partial charge in [0, 0.05) is 0 Å². The molecular formula is C31H44N6O8. The summed E-state index contributed by atoms with van der Waals surface area (Å²) < 4.78 is 31.1. The maximum Gasteiger partial charge on any atom is 0.408 e. The van der Waals surface area contributed by atoms with Crippen molar-refractivity contribution < 1.29 is 38.1 Å². The van der Waals surface area contributed by atoms with E-state index in [4.69, 9.17) is 23.7 Å². The second kappa shape index (κ2) is 12.5. The number of amides is 2. The Labute approximate surface area is 263 Å². The fourth-order valence-electron chi connectivity index (χ4n) is 5.27. The minimum absolute atomic E-state index is 0.0864. The SMILES string of the molecule is CC(C)[C@H](C)C(=O)OC[C@H]1O[C@@](C#N)(c2ccc3c(NC(=O)[C@@H](NC(=O)OC(C)(C)C)C(C)C)ncnn23)[C@@H]2OC(C)(C)O[C@@H]21. The van der Waals surface area contributed by atoms with Gasteiger partial charge in [0.25, 0.3) is 0 Å². The number of nitriles is 1. The molecule has 2 saturated heterocycles. The van der Waals surface area contributed by atoms with Crippen molar-refractivity contribution >= 4 is 29.3 Å². The van der Waals surface area contributed by atoms with Gasteiger partial charge < -0.3 is 34.3 Å². The van der Waals surface area contributed by atoms with Gasteiger partial charge >= 0.3 is 12.1 Å². The van der Waals surface area contributed by atoms with Crippen LogP contribution in [0, 0.1) is 29.1 Å². The van der Waals surface area contributed by atoms with Crippen molar-refractivity contribution in [1.29, 1.82) is 5.26 Å². The van der Waals surface area contributed by atoms with Crippen molar-refractivity contribution in [2.24, 2.45) is 17.8 Å². The van der Waals surface area contributed by atoms with E-state index in [1.165, 1.54) is 10.8 Å². The smallest absolute Gasteiger partial charge is 0.408 e. The Hall–Kier alpha value is -3.80. The number of rotatable bonds is 9. The van der Waals surface area contributed by atoms with Crippen molar-refractivity contribution in [2.45, 2.75) is 111 Å². The molecule has 2 N–H and O–H groups in total. The van der Waals surface area contributed by atoms with Crippen LogP contribution in [0.1, 0.15) is 74.9 Å². The number of esters is 1.